The molecule has 3 heterocycles. The van der Waals surface area contributed by atoms with Crippen molar-refractivity contribution in [3.05, 3.63) is 41.1 Å². The van der Waals surface area contributed by atoms with Crippen LogP contribution < -0.4 is 10.2 Å². The van der Waals surface area contributed by atoms with Gasteiger partial charge in [-0.1, -0.05) is 37.6 Å². The van der Waals surface area contributed by atoms with Crippen molar-refractivity contribution in [1.82, 2.24) is 14.6 Å². The van der Waals surface area contributed by atoms with Gasteiger partial charge in [0.15, 0.2) is 11.5 Å². The molecule has 0 bridgehead atoms. The van der Waals surface area contributed by atoms with E-state index in [2.05, 4.69) is 20.3 Å². The molecule has 1 saturated heterocycles. The number of fused-ring (bicyclic) bond motifs is 1. The quantitative estimate of drug-likeness (QED) is 0.636. The van der Waals surface area contributed by atoms with E-state index in [0.29, 0.717) is 22.1 Å². The number of imidazole rings is 1. The topological polar surface area (TPSA) is 62.5 Å². The maximum absolute atomic E-state index is 12.3. The molecule has 0 aliphatic carbocycles. The Morgan fingerprint density at radius 3 is 2.58 bits per heavy atom. The Hall–Kier alpha value is -2.34. The highest BCUT2D eigenvalue weighted by atomic mass is 35.5. The van der Waals surface area contributed by atoms with Crippen LogP contribution in [0.25, 0.3) is 5.65 Å². The Bertz CT molecular complexity index is 814. The number of allylic oxidation sites excluding steroid dienone is 2. The van der Waals surface area contributed by atoms with Crippen LogP contribution in [-0.2, 0) is 4.79 Å². The number of nitrogens with one attached hydrogen (secondary N) is 1. The fraction of sp³-hybridized carbons (Fsp3) is 0.421. The van der Waals surface area contributed by atoms with Gasteiger partial charge in [-0.05, 0) is 38.8 Å². The van der Waals surface area contributed by atoms with Crippen molar-refractivity contribution >= 4 is 34.8 Å². The van der Waals surface area contributed by atoms with E-state index in [0.717, 1.165) is 18.9 Å². The fourth-order valence-corrected chi connectivity index (χ4v) is 2.89. The zero-order valence-electron chi connectivity index (χ0n) is 15.8. The second-order valence-corrected chi connectivity index (χ2v) is 6.28. The second kappa shape index (κ2) is 9.38. The van der Waals surface area contributed by atoms with Gasteiger partial charge in [0.05, 0.1) is 11.8 Å². The lowest BCUT2D eigenvalue weighted by atomic mass is 10.2. The third-order valence-corrected chi connectivity index (χ3v) is 4.13. The number of halogens is 1. The highest BCUT2D eigenvalue weighted by Gasteiger charge is 2.15. The van der Waals surface area contributed by atoms with Crippen LogP contribution in [0, 0.1) is 0 Å². The summed E-state index contributed by atoms with van der Waals surface area (Å²) in [6, 6.07) is 3.87. The summed E-state index contributed by atoms with van der Waals surface area (Å²) in [7, 11) is 0. The molecule has 1 amide bonds. The molecule has 7 heteroatoms. The number of amides is 1. The first-order valence-corrected chi connectivity index (χ1v) is 9.38. The summed E-state index contributed by atoms with van der Waals surface area (Å²) in [4.78, 5) is 18.9. The monoisotopic (exact) mass is 375 g/mol. The minimum Gasteiger partial charge on any atom is -0.355 e. The lowest BCUT2D eigenvalue weighted by Crippen LogP contribution is -2.19. The first kappa shape index (κ1) is 20.0. The van der Waals surface area contributed by atoms with Crippen molar-refractivity contribution in [1.29, 1.82) is 0 Å². The first-order valence-electron chi connectivity index (χ1n) is 9.00. The Morgan fingerprint density at radius 2 is 1.96 bits per heavy atom. The molecule has 0 unspecified atom stereocenters. The molecule has 0 radical (unpaired) electrons. The molecule has 0 spiro atoms. The van der Waals surface area contributed by atoms with Gasteiger partial charge < -0.3 is 10.2 Å². The minimum absolute atomic E-state index is 0.288. The van der Waals surface area contributed by atoms with Crippen molar-refractivity contribution in [2.24, 2.45) is 0 Å². The normalized spacial score (nSPS) is 15.0. The molecule has 3 rings (SSSR count). The first-order chi connectivity index (χ1) is 12.6. The molecule has 1 fully saturated rings. The van der Waals surface area contributed by atoms with Crippen LogP contribution in [0.1, 0.15) is 40.5 Å². The van der Waals surface area contributed by atoms with Gasteiger partial charge in [-0.15, -0.1) is 5.10 Å². The number of hydrogen-bond donors (Lipinski definition) is 1. The van der Waals surface area contributed by atoms with Crippen LogP contribution in [-0.4, -0.2) is 33.6 Å². The van der Waals surface area contributed by atoms with E-state index < -0.39 is 0 Å². The second-order valence-electron chi connectivity index (χ2n) is 5.72. The van der Waals surface area contributed by atoms with E-state index >= 15 is 0 Å². The maximum Gasteiger partial charge on any atom is 0.258 e. The molecule has 1 N–H and O–H groups in total. The van der Waals surface area contributed by atoms with Crippen LogP contribution >= 0.6 is 11.6 Å². The molecule has 0 atom stereocenters. The molecule has 2 aromatic heterocycles. The summed E-state index contributed by atoms with van der Waals surface area (Å²) < 4.78 is 1.69. The van der Waals surface area contributed by atoms with Crippen LogP contribution in [0.4, 0.5) is 11.6 Å². The van der Waals surface area contributed by atoms with Crippen LogP contribution in [0.5, 0.6) is 0 Å². The average Bonchev–Trinajstić information content (AvgIpc) is 3.29. The van der Waals surface area contributed by atoms with Gasteiger partial charge in [-0.25, -0.2) is 9.50 Å². The maximum atomic E-state index is 12.3. The van der Waals surface area contributed by atoms with E-state index in [1.165, 1.54) is 12.8 Å². The highest BCUT2D eigenvalue weighted by Crippen LogP contribution is 2.19. The molecular weight excluding hydrogens is 350 g/mol. The fourth-order valence-electron chi connectivity index (χ4n) is 2.74. The number of rotatable bonds is 4. The zero-order valence-corrected chi connectivity index (χ0v) is 16.5. The van der Waals surface area contributed by atoms with Crippen LogP contribution in [0.15, 0.2) is 41.1 Å². The molecule has 26 heavy (non-hydrogen) atoms. The van der Waals surface area contributed by atoms with E-state index in [1.54, 1.807) is 29.8 Å². The molecular formula is C19H26ClN5O. The number of carbonyl (C=O) groups is 1. The van der Waals surface area contributed by atoms with Crippen molar-refractivity contribution < 1.29 is 4.79 Å². The predicted molar refractivity (Wildman–Crippen MR) is 108 cm³/mol. The lowest BCUT2D eigenvalue weighted by Gasteiger charge is -2.15. The highest BCUT2D eigenvalue weighted by molar-refractivity contribution is 6.32. The predicted octanol–water partition coefficient (Wildman–Crippen LogP) is 4.38. The van der Waals surface area contributed by atoms with E-state index in [-0.39, 0.29) is 5.91 Å². The Morgan fingerprint density at radius 1 is 1.27 bits per heavy atom. The SMILES string of the molecule is C/C=C\C(C(=O)Nc1cn2nc(N3CCCC3)ccc2n1)=C(/C)Cl.CC. The number of carbonyl (C=O) groups excluding carboxylic acids is 1. The molecule has 6 nitrogen and oxygen atoms in total. The van der Waals surface area contributed by atoms with Gasteiger partial charge in [-0.3, -0.25) is 4.79 Å². The van der Waals surface area contributed by atoms with E-state index in [1.807, 2.05) is 32.9 Å². The largest absolute Gasteiger partial charge is 0.355 e. The number of aromatic nitrogens is 3. The third kappa shape index (κ3) is 4.64. The smallest absolute Gasteiger partial charge is 0.258 e. The van der Waals surface area contributed by atoms with Crippen molar-refractivity contribution in [3.63, 3.8) is 0 Å². The van der Waals surface area contributed by atoms with Gasteiger partial charge in [0.1, 0.15) is 5.82 Å². The van der Waals surface area contributed by atoms with E-state index in [4.69, 9.17) is 11.6 Å². The lowest BCUT2D eigenvalue weighted by molar-refractivity contribution is -0.112. The van der Waals surface area contributed by atoms with Crippen LogP contribution in [0.2, 0.25) is 0 Å². The molecule has 2 aromatic rings. The standard InChI is InChI=1S/C17H20ClN5O.C2H6/c1-3-6-13(12(2)18)17(24)20-14-11-23-15(19-14)7-8-16(21-23)22-9-4-5-10-22;1-2/h3,6-8,11H,4-5,9-10H2,1-2H3,(H,20,24);1-2H3/b6-3-,13-12-;. The van der Waals surface area contributed by atoms with Crippen molar-refractivity contribution in [2.75, 3.05) is 23.3 Å². The van der Waals surface area contributed by atoms with Gasteiger partial charge in [-0.2, -0.15) is 0 Å². The Kier molecular flexibility index (Phi) is 7.21. The summed E-state index contributed by atoms with van der Waals surface area (Å²) >= 11 is 5.98. The van der Waals surface area contributed by atoms with Gasteiger partial charge >= 0.3 is 0 Å². The number of nitrogens with zero attached hydrogens (tertiary/aromatic N) is 4. The summed E-state index contributed by atoms with van der Waals surface area (Å²) in [5.41, 5.74) is 1.11. The Balaban J connectivity index is 0.00000117. The van der Waals surface area contributed by atoms with Crippen LogP contribution in [0.3, 0.4) is 0 Å². The van der Waals surface area contributed by atoms with Gasteiger partial charge in [0.2, 0.25) is 0 Å². The summed E-state index contributed by atoms with van der Waals surface area (Å²) in [6.07, 6.45) is 7.56. The van der Waals surface area contributed by atoms with Gasteiger partial charge in [0, 0.05) is 18.1 Å². The number of hydrogen-bond acceptors (Lipinski definition) is 4. The average molecular weight is 376 g/mol. The molecule has 1 aliphatic rings. The molecule has 1 aliphatic heterocycles. The zero-order chi connectivity index (χ0) is 19.1. The summed E-state index contributed by atoms with van der Waals surface area (Å²) in [6.45, 7) is 9.58. The summed E-state index contributed by atoms with van der Waals surface area (Å²) in [5, 5.41) is 7.78. The molecule has 0 saturated carbocycles. The summed E-state index contributed by atoms with van der Waals surface area (Å²) in [5.74, 6) is 1.09. The Labute approximate surface area is 159 Å². The molecule has 0 aromatic carbocycles. The van der Waals surface area contributed by atoms with Crippen molar-refractivity contribution in [3.8, 4) is 0 Å². The van der Waals surface area contributed by atoms with E-state index in [9.17, 15) is 4.79 Å². The number of anilines is 2. The third-order valence-electron chi connectivity index (χ3n) is 3.93. The van der Waals surface area contributed by atoms with Gasteiger partial charge in [0.25, 0.3) is 5.91 Å². The minimum atomic E-state index is -0.288. The van der Waals surface area contributed by atoms with Crippen molar-refractivity contribution in [2.45, 2.75) is 40.5 Å². The molecule has 140 valence electrons.